The van der Waals surface area contributed by atoms with Crippen LogP contribution in [0.2, 0.25) is 0 Å². The van der Waals surface area contributed by atoms with Gasteiger partial charge in [0.1, 0.15) is 6.10 Å². The van der Waals surface area contributed by atoms with Gasteiger partial charge in [-0.05, 0) is 11.1 Å². The second-order valence-electron chi connectivity index (χ2n) is 6.86. The van der Waals surface area contributed by atoms with Gasteiger partial charge in [0.2, 0.25) is 0 Å². The summed E-state index contributed by atoms with van der Waals surface area (Å²) in [5.74, 6) is -0.102. The van der Waals surface area contributed by atoms with Crippen molar-refractivity contribution < 1.29 is 14.6 Å². The maximum atomic E-state index is 13.2. The van der Waals surface area contributed by atoms with Crippen molar-refractivity contribution in [2.24, 2.45) is 0 Å². The van der Waals surface area contributed by atoms with Crippen molar-refractivity contribution in [2.45, 2.75) is 18.7 Å². The average molecular weight is 377 g/mol. The third-order valence-corrected chi connectivity index (χ3v) is 5.00. The Hall–Kier alpha value is -2.96. The normalized spacial score (nSPS) is 19.5. The van der Waals surface area contributed by atoms with Crippen LogP contribution in [-0.2, 0) is 11.3 Å². The van der Waals surface area contributed by atoms with Gasteiger partial charge in [0, 0.05) is 12.7 Å². The molecule has 1 amide bonds. The lowest BCUT2D eigenvalue weighted by Gasteiger charge is -2.40. The van der Waals surface area contributed by atoms with Crippen molar-refractivity contribution in [2.75, 3.05) is 19.8 Å². The summed E-state index contributed by atoms with van der Waals surface area (Å²) < 4.78 is 7.50. The zero-order valence-corrected chi connectivity index (χ0v) is 15.5. The molecule has 4 rings (SSSR count). The lowest BCUT2D eigenvalue weighted by Crippen LogP contribution is -2.49. The first kappa shape index (κ1) is 18.4. The zero-order chi connectivity index (χ0) is 19.3. The summed E-state index contributed by atoms with van der Waals surface area (Å²) in [6.45, 7) is 1.34. The molecule has 28 heavy (non-hydrogen) atoms. The molecule has 1 N–H and O–H groups in total. The van der Waals surface area contributed by atoms with Crippen LogP contribution in [0.25, 0.3) is 0 Å². The predicted molar refractivity (Wildman–Crippen MR) is 105 cm³/mol. The van der Waals surface area contributed by atoms with E-state index in [0.29, 0.717) is 25.3 Å². The number of nitrogens with zero attached hydrogens (tertiary/aromatic N) is 3. The van der Waals surface area contributed by atoms with E-state index in [-0.39, 0.29) is 18.6 Å². The van der Waals surface area contributed by atoms with E-state index in [1.54, 1.807) is 22.0 Å². The van der Waals surface area contributed by atoms with E-state index in [0.717, 1.165) is 11.1 Å². The Bertz CT molecular complexity index is 911. The van der Waals surface area contributed by atoms with Crippen molar-refractivity contribution in [3.63, 3.8) is 0 Å². The lowest BCUT2D eigenvalue weighted by molar-refractivity contribution is -0.0811. The predicted octanol–water partition coefficient (Wildman–Crippen LogP) is 2.51. The molecule has 1 aliphatic heterocycles. The molecule has 0 spiro atoms. The van der Waals surface area contributed by atoms with Crippen LogP contribution in [0, 0.1) is 0 Å². The van der Waals surface area contributed by atoms with Crippen LogP contribution in [0.5, 0.6) is 0 Å². The fraction of sp³-hybridized carbons (Fsp3) is 0.273. The quantitative estimate of drug-likeness (QED) is 0.742. The topological polar surface area (TPSA) is 67.6 Å². The van der Waals surface area contributed by atoms with Crippen LogP contribution >= 0.6 is 0 Å². The highest BCUT2D eigenvalue weighted by Gasteiger charge is 2.36. The highest BCUT2D eigenvalue weighted by molar-refractivity contribution is 5.94. The van der Waals surface area contributed by atoms with E-state index >= 15 is 0 Å². The van der Waals surface area contributed by atoms with E-state index in [1.807, 2.05) is 60.7 Å². The van der Waals surface area contributed by atoms with Gasteiger partial charge in [-0.2, -0.15) is 5.10 Å². The van der Waals surface area contributed by atoms with E-state index in [2.05, 4.69) is 5.10 Å². The fourth-order valence-corrected chi connectivity index (χ4v) is 3.66. The number of aliphatic hydroxyl groups is 1. The molecule has 0 bridgehead atoms. The molecule has 1 aliphatic rings. The first-order valence-electron chi connectivity index (χ1n) is 9.41. The first-order chi connectivity index (χ1) is 13.8. The highest BCUT2D eigenvalue weighted by atomic mass is 16.5. The molecule has 0 unspecified atom stereocenters. The molecule has 3 aromatic rings. The Morgan fingerprint density at radius 3 is 2.54 bits per heavy atom. The number of aromatic nitrogens is 2. The molecule has 1 aromatic heterocycles. The monoisotopic (exact) mass is 377 g/mol. The third-order valence-electron chi connectivity index (χ3n) is 5.00. The molecule has 0 saturated carbocycles. The molecule has 1 saturated heterocycles. The molecule has 2 aromatic carbocycles. The number of carbonyl (C=O) groups excluding carboxylic acids is 1. The van der Waals surface area contributed by atoms with Crippen LogP contribution in [-0.4, -0.2) is 51.6 Å². The van der Waals surface area contributed by atoms with E-state index in [1.165, 1.54) is 0 Å². The van der Waals surface area contributed by atoms with Gasteiger partial charge in [-0.3, -0.25) is 9.48 Å². The Labute approximate surface area is 164 Å². The number of benzene rings is 2. The first-order valence-corrected chi connectivity index (χ1v) is 9.41. The summed E-state index contributed by atoms with van der Waals surface area (Å²) in [6.07, 6.45) is 2.94. The molecule has 1 fully saturated rings. The van der Waals surface area contributed by atoms with Gasteiger partial charge in [0.25, 0.3) is 5.91 Å². The van der Waals surface area contributed by atoms with E-state index in [9.17, 15) is 9.90 Å². The van der Waals surface area contributed by atoms with Gasteiger partial charge in [-0.15, -0.1) is 0 Å². The van der Waals surface area contributed by atoms with Crippen LogP contribution < -0.4 is 0 Å². The standard InChI is InChI=1S/C22H23N3O3/c26-16-20-21(18-9-5-2-6-10-18)25(11-12-28-20)22(27)19-13-23-24(15-19)14-17-7-3-1-4-8-17/h1-10,13,15,20-21,26H,11-12,14,16H2/t20-,21-/m1/s1. The number of morpholine rings is 1. The van der Waals surface area contributed by atoms with Gasteiger partial charge in [0.05, 0.1) is 37.6 Å². The summed E-state index contributed by atoms with van der Waals surface area (Å²) in [5.41, 5.74) is 2.61. The minimum absolute atomic E-state index is 0.102. The van der Waals surface area contributed by atoms with E-state index < -0.39 is 6.10 Å². The second kappa shape index (κ2) is 8.37. The van der Waals surface area contributed by atoms with Gasteiger partial charge in [0.15, 0.2) is 0 Å². The maximum Gasteiger partial charge on any atom is 0.257 e. The highest BCUT2D eigenvalue weighted by Crippen LogP contribution is 2.30. The van der Waals surface area contributed by atoms with Gasteiger partial charge < -0.3 is 14.7 Å². The fourth-order valence-electron chi connectivity index (χ4n) is 3.66. The smallest absolute Gasteiger partial charge is 0.257 e. The molecule has 0 aliphatic carbocycles. The molecule has 0 radical (unpaired) electrons. The van der Waals surface area contributed by atoms with Crippen molar-refractivity contribution in [1.82, 2.24) is 14.7 Å². The molecular weight excluding hydrogens is 354 g/mol. The number of carbonyl (C=O) groups is 1. The summed E-state index contributed by atoms with van der Waals surface area (Å²) in [5, 5.41) is 14.1. The van der Waals surface area contributed by atoms with E-state index in [4.69, 9.17) is 4.74 Å². The Balaban J connectivity index is 1.57. The average Bonchev–Trinajstić information content (AvgIpc) is 3.22. The zero-order valence-electron chi connectivity index (χ0n) is 15.5. The van der Waals surface area contributed by atoms with Crippen molar-refractivity contribution in [3.05, 3.63) is 89.7 Å². The Morgan fingerprint density at radius 2 is 1.82 bits per heavy atom. The van der Waals surface area contributed by atoms with Gasteiger partial charge in [-0.25, -0.2) is 0 Å². The minimum atomic E-state index is -0.445. The van der Waals surface area contributed by atoms with Crippen LogP contribution in [0.4, 0.5) is 0 Å². The van der Waals surface area contributed by atoms with Crippen molar-refractivity contribution in [1.29, 1.82) is 0 Å². The SMILES string of the molecule is O=C(c1cnn(Cc2ccccc2)c1)N1CCO[C@H](CO)[C@H]1c1ccccc1. The number of ether oxygens (including phenoxy) is 1. The number of aliphatic hydroxyl groups excluding tert-OH is 1. The summed E-state index contributed by atoms with van der Waals surface area (Å²) >= 11 is 0. The summed E-state index contributed by atoms with van der Waals surface area (Å²) in [6, 6.07) is 19.4. The van der Waals surface area contributed by atoms with Crippen LogP contribution in [0.1, 0.15) is 27.5 Å². The van der Waals surface area contributed by atoms with Crippen molar-refractivity contribution >= 4 is 5.91 Å². The number of amides is 1. The largest absolute Gasteiger partial charge is 0.394 e. The molecule has 2 atom stereocenters. The van der Waals surface area contributed by atoms with Gasteiger partial charge in [-0.1, -0.05) is 60.7 Å². The molecule has 6 nitrogen and oxygen atoms in total. The Kier molecular flexibility index (Phi) is 5.50. The maximum absolute atomic E-state index is 13.2. The second-order valence-corrected chi connectivity index (χ2v) is 6.86. The van der Waals surface area contributed by atoms with Crippen LogP contribution in [0.15, 0.2) is 73.1 Å². The van der Waals surface area contributed by atoms with Crippen molar-refractivity contribution in [3.8, 4) is 0 Å². The summed E-state index contributed by atoms with van der Waals surface area (Å²) in [7, 11) is 0. The molecule has 6 heteroatoms. The van der Waals surface area contributed by atoms with Crippen LogP contribution in [0.3, 0.4) is 0 Å². The number of hydrogen-bond donors (Lipinski definition) is 1. The minimum Gasteiger partial charge on any atom is -0.394 e. The molecule has 2 heterocycles. The lowest BCUT2D eigenvalue weighted by atomic mass is 9.97. The number of hydrogen-bond acceptors (Lipinski definition) is 4. The third kappa shape index (κ3) is 3.83. The molecule has 144 valence electrons. The number of rotatable bonds is 5. The van der Waals surface area contributed by atoms with Gasteiger partial charge >= 0.3 is 0 Å². The molecular formula is C22H23N3O3. The Morgan fingerprint density at radius 1 is 1.11 bits per heavy atom. The summed E-state index contributed by atoms with van der Waals surface area (Å²) in [4.78, 5) is 15.0.